The monoisotopic (exact) mass is 535 g/mol. The highest BCUT2D eigenvalue weighted by Crippen LogP contribution is 2.40. The molecule has 2 atom stereocenters. The summed E-state index contributed by atoms with van der Waals surface area (Å²) in [6, 6.07) is 4.08. The fourth-order valence-electron chi connectivity index (χ4n) is 2.84. The number of alkyl halides is 3. The highest BCUT2D eigenvalue weighted by atomic mass is 127. The van der Waals surface area contributed by atoms with Crippen molar-refractivity contribution >= 4 is 44.2 Å². The van der Waals surface area contributed by atoms with Gasteiger partial charge in [-0.25, -0.2) is 17.8 Å². The van der Waals surface area contributed by atoms with Crippen LogP contribution >= 0.6 is 22.6 Å². The van der Waals surface area contributed by atoms with E-state index in [9.17, 15) is 26.6 Å². The van der Waals surface area contributed by atoms with Gasteiger partial charge in [-0.05, 0) is 61.6 Å². The lowest BCUT2D eigenvalue weighted by atomic mass is 9.93. The van der Waals surface area contributed by atoms with Gasteiger partial charge in [-0.15, -0.1) is 0 Å². The van der Waals surface area contributed by atoms with E-state index in [2.05, 4.69) is 9.36 Å². The van der Waals surface area contributed by atoms with Crippen molar-refractivity contribution in [2.24, 2.45) is 9.36 Å². The van der Waals surface area contributed by atoms with Crippen molar-refractivity contribution in [3.8, 4) is 0 Å². The van der Waals surface area contributed by atoms with E-state index in [4.69, 9.17) is 5.11 Å². The zero-order valence-corrected chi connectivity index (χ0v) is 18.1. The summed E-state index contributed by atoms with van der Waals surface area (Å²) in [4.78, 5) is 15.5. The molecular formula is C16H18F4IN3O3S. The molecule has 2 rings (SSSR count). The van der Waals surface area contributed by atoms with E-state index in [1.165, 1.54) is 32.9 Å². The van der Waals surface area contributed by atoms with Gasteiger partial charge >= 0.3 is 12.3 Å². The van der Waals surface area contributed by atoms with Gasteiger partial charge in [-0.1, -0.05) is 0 Å². The second kappa shape index (κ2) is 7.43. The Morgan fingerprint density at radius 2 is 2.00 bits per heavy atom. The molecule has 28 heavy (non-hydrogen) atoms. The summed E-state index contributed by atoms with van der Waals surface area (Å²) in [6.07, 6.45) is -6.23. The fourth-order valence-corrected chi connectivity index (χ4v) is 5.84. The SMILES string of the molecule is CC1(C)C(NC(=O)O)=N[C@](C)(c2cc(I)ccc2F)C[S@]1(=O)=NCC(F)(F)F. The summed E-state index contributed by atoms with van der Waals surface area (Å²) in [6.45, 7) is 2.33. The van der Waals surface area contributed by atoms with Crippen LogP contribution in [-0.4, -0.2) is 44.5 Å². The molecule has 1 aliphatic rings. The van der Waals surface area contributed by atoms with Crippen LogP contribution in [0.3, 0.4) is 0 Å². The van der Waals surface area contributed by atoms with Crippen molar-refractivity contribution in [2.75, 3.05) is 12.3 Å². The van der Waals surface area contributed by atoms with E-state index in [0.29, 0.717) is 3.57 Å². The molecule has 0 fully saturated rings. The van der Waals surface area contributed by atoms with Crippen LogP contribution in [0.15, 0.2) is 27.6 Å². The average molecular weight is 535 g/mol. The maximum Gasteiger partial charge on any atom is 0.410 e. The summed E-state index contributed by atoms with van der Waals surface area (Å²) in [5, 5.41) is 11.1. The zero-order valence-electron chi connectivity index (χ0n) is 15.1. The van der Waals surface area contributed by atoms with Crippen molar-refractivity contribution in [3.05, 3.63) is 33.1 Å². The highest BCUT2D eigenvalue weighted by Gasteiger charge is 2.50. The standard InChI is InChI=1S/C16H18F4IN3O3S/c1-14(2)12(23-13(25)26)24-15(3,10-6-9(21)4-5-11(10)17)8-28(14,27)22-7-16(18,19)20/h4-6H,7-8H2,1-3H3,(H,23,24)(H,25,26)/t15-,28+/m0/s1. The van der Waals surface area contributed by atoms with E-state index >= 15 is 0 Å². The highest BCUT2D eigenvalue weighted by molar-refractivity contribution is 14.1. The number of halogens is 5. The first-order valence-corrected chi connectivity index (χ1v) is 10.7. The molecule has 1 heterocycles. The molecular weight excluding hydrogens is 517 g/mol. The number of aliphatic imine (C=N–C) groups is 1. The molecule has 2 N–H and O–H groups in total. The van der Waals surface area contributed by atoms with Crippen molar-refractivity contribution in [2.45, 2.75) is 37.2 Å². The Bertz CT molecular complexity index is 955. The van der Waals surface area contributed by atoms with Crippen LogP contribution in [0.5, 0.6) is 0 Å². The third-order valence-electron chi connectivity index (χ3n) is 4.39. The van der Waals surface area contributed by atoms with E-state index in [-0.39, 0.29) is 11.4 Å². The van der Waals surface area contributed by atoms with Crippen LogP contribution in [0.1, 0.15) is 26.3 Å². The topological polar surface area (TPSA) is 91.1 Å². The molecule has 0 aromatic heterocycles. The minimum atomic E-state index is -4.70. The summed E-state index contributed by atoms with van der Waals surface area (Å²) < 4.78 is 68.8. The van der Waals surface area contributed by atoms with Crippen LogP contribution < -0.4 is 5.32 Å². The summed E-state index contributed by atoms with van der Waals surface area (Å²) in [5.41, 5.74) is -1.58. The minimum Gasteiger partial charge on any atom is -0.465 e. The van der Waals surface area contributed by atoms with Gasteiger partial charge in [-0.2, -0.15) is 13.2 Å². The van der Waals surface area contributed by atoms with Crippen LogP contribution in [0, 0.1) is 9.39 Å². The van der Waals surface area contributed by atoms with Crippen LogP contribution in [-0.2, 0) is 15.3 Å². The Hall–Kier alpha value is -1.44. The average Bonchev–Trinajstić information content (AvgIpc) is 2.52. The predicted molar refractivity (Wildman–Crippen MR) is 106 cm³/mol. The normalized spacial score (nSPS) is 27.1. The molecule has 0 aliphatic carbocycles. The van der Waals surface area contributed by atoms with Gasteiger partial charge in [-0.3, -0.25) is 10.3 Å². The number of amidine groups is 1. The Morgan fingerprint density at radius 3 is 2.54 bits per heavy atom. The maximum absolute atomic E-state index is 14.5. The third-order valence-corrected chi connectivity index (χ3v) is 8.35. The summed E-state index contributed by atoms with van der Waals surface area (Å²) in [7, 11) is -3.70. The molecule has 1 aliphatic heterocycles. The van der Waals surface area contributed by atoms with Gasteiger partial charge in [0, 0.05) is 9.13 Å². The van der Waals surface area contributed by atoms with Gasteiger partial charge in [0.05, 0.1) is 15.5 Å². The first-order valence-electron chi connectivity index (χ1n) is 7.92. The number of hydrogen-bond donors (Lipinski definition) is 2. The van der Waals surface area contributed by atoms with Gasteiger partial charge in [0.15, 0.2) is 0 Å². The number of benzene rings is 1. The Kier molecular flexibility index (Phi) is 6.06. The van der Waals surface area contributed by atoms with Crippen molar-refractivity contribution < 1.29 is 31.7 Å². The largest absolute Gasteiger partial charge is 0.465 e. The fraction of sp³-hybridized carbons (Fsp3) is 0.500. The van der Waals surface area contributed by atoms with Gasteiger partial charge in [0.1, 0.15) is 28.5 Å². The maximum atomic E-state index is 14.5. The number of hydrogen-bond acceptors (Lipinski definition) is 4. The Labute approximate surface area is 173 Å². The molecule has 1 aromatic carbocycles. The molecule has 1 aromatic rings. The molecule has 0 saturated heterocycles. The van der Waals surface area contributed by atoms with Crippen molar-refractivity contribution in [1.29, 1.82) is 0 Å². The molecule has 6 nitrogen and oxygen atoms in total. The molecule has 12 heteroatoms. The van der Waals surface area contributed by atoms with Crippen LogP contribution in [0.4, 0.5) is 22.4 Å². The van der Waals surface area contributed by atoms with E-state index < -0.39 is 50.4 Å². The first-order chi connectivity index (χ1) is 12.6. The lowest BCUT2D eigenvalue weighted by Gasteiger charge is -2.41. The van der Waals surface area contributed by atoms with Gasteiger partial charge in [0.2, 0.25) is 0 Å². The Balaban J connectivity index is 2.76. The van der Waals surface area contributed by atoms with E-state index in [1.54, 1.807) is 0 Å². The smallest absolute Gasteiger partial charge is 0.410 e. The number of amides is 1. The molecule has 0 spiro atoms. The van der Waals surface area contributed by atoms with Crippen LogP contribution in [0.25, 0.3) is 0 Å². The summed E-state index contributed by atoms with van der Waals surface area (Å²) in [5.74, 6) is -1.52. The van der Waals surface area contributed by atoms with Crippen molar-refractivity contribution in [3.63, 3.8) is 0 Å². The second-order valence-electron chi connectivity index (χ2n) is 6.99. The summed E-state index contributed by atoms with van der Waals surface area (Å²) >= 11 is 1.92. The quantitative estimate of drug-likeness (QED) is 0.441. The Morgan fingerprint density at radius 1 is 1.39 bits per heavy atom. The first kappa shape index (κ1) is 22.8. The molecule has 1 amide bonds. The zero-order chi connectivity index (χ0) is 21.5. The molecule has 0 unspecified atom stereocenters. The molecule has 0 saturated carbocycles. The number of nitrogens with zero attached hydrogens (tertiary/aromatic N) is 2. The lowest BCUT2D eigenvalue weighted by Crippen LogP contribution is -2.57. The number of carbonyl (C=O) groups is 1. The van der Waals surface area contributed by atoms with Gasteiger partial charge in [0.25, 0.3) is 0 Å². The molecule has 0 radical (unpaired) electrons. The van der Waals surface area contributed by atoms with E-state index in [1.807, 2.05) is 27.9 Å². The van der Waals surface area contributed by atoms with Crippen molar-refractivity contribution in [1.82, 2.24) is 5.32 Å². The lowest BCUT2D eigenvalue weighted by molar-refractivity contribution is -0.117. The third kappa shape index (κ3) is 4.58. The van der Waals surface area contributed by atoms with Crippen LogP contribution in [0.2, 0.25) is 0 Å². The van der Waals surface area contributed by atoms with Gasteiger partial charge < -0.3 is 5.11 Å². The number of carboxylic acid groups (broad SMARTS) is 1. The molecule has 156 valence electrons. The minimum absolute atomic E-state index is 0.00507. The second-order valence-corrected chi connectivity index (χ2v) is 11.1. The number of rotatable bonds is 2. The predicted octanol–water partition coefficient (Wildman–Crippen LogP) is 4.13. The number of nitrogens with one attached hydrogen (secondary N) is 1. The molecule has 0 bridgehead atoms. The van der Waals surface area contributed by atoms with E-state index in [0.717, 1.165) is 6.07 Å².